The second-order valence-electron chi connectivity index (χ2n) is 4.02. The van der Waals surface area contributed by atoms with E-state index in [9.17, 15) is 0 Å². The molecule has 0 aliphatic heterocycles. The van der Waals surface area contributed by atoms with Gasteiger partial charge < -0.3 is 5.11 Å². The van der Waals surface area contributed by atoms with Crippen molar-refractivity contribution >= 4 is 0 Å². The molecule has 3 nitrogen and oxygen atoms in total. The van der Waals surface area contributed by atoms with E-state index < -0.39 is 0 Å². The van der Waals surface area contributed by atoms with Gasteiger partial charge in [-0.2, -0.15) is 0 Å². The quantitative estimate of drug-likeness (QED) is 0.777. The molecule has 0 aromatic carbocycles. The smallest absolute Gasteiger partial charge is 0.131 e. The van der Waals surface area contributed by atoms with Crippen LogP contribution in [0.4, 0.5) is 0 Å². The van der Waals surface area contributed by atoms with Crippen LogP contribution in [-0.4, -0.2) is 15.1 Å². The van der Waals surface area contributed by atoms with Crippen molar-refractivity contribution in [2.75, 3.05) is 0 Å². The Morgan fingerprint density at radius 3 is 2.14 bits per heavy atom. The Hall–Kier alpha value is -0.960. The van der Waals surface area contributed by atoms with Crippen LogP contribution in [0.2, 0.25) is 0 Å². The lowest BCUT2D eigenvalue weighted by Gasteiger charge is -2.24. The molecule has 1 aliphatic rings. The van der Waals surface area contributed by atoms with Crippen LogP contribution in [0.3, 0.4) is 0 Å². The Balaban J connectivity index is 2.35. The molecular formula is C11H16N2O. The molecule has 0 radical (unpaired) electrons. The van der Waals surface area contributed by atoms with Crippen LogP contribution in [0.5, 0.6) is 0 Å². The highest BCUT2D eigenvalue weighted by molar-refractivity contribution is 5.24. The summed E-state index contributed by atoms with van der Waals surface area (Å²) in [5.74, 6) is 1.54. The van der Waals surface area contributed by atoms with Gasteiger partial charge in [0, 0.05) is 22.9 Å². The number of nitrogens with zero attached hydrogens (tertiary/aromatic N) is 2. The fourth-order valence-corrected chi connectivity index (χ4v) is 1.84. The minimum atomic E-state index is 0.0443. The Morgan fingerprint density at radius 2 is 1.79 bits per heavy atom. The standard InChI is InChI=1S/C11H16N2O/c1-7-10(6-14)8(2)13-11(12-7)9-4-3-5-9/h9,14H,3-6H2,1-2H3. The topological polar surface area (TPSA) is 46.0 Å². The summed E-state index contributed by atoms with van der Waals surface area (Å²) in [5, 5.41) is 9.12. The van der Waals surface area contributed by atoms with E-state index in [1.54, 1.807) is 0 Å². The molecule has 0 amide bonds. The number of rotatable bonds is 2. The molecule has 14 heavy (non-hydrogen) atoms. The first-order valence-corrected chi connectivity index (χ1v) is 5.17. The minimum Gasteiger partial charge on any atom is -0.392 e. The Labute approximate surface area is 84.2 Å². The SMILES string of the molecule is Cc1nc(C2CCC2)nc(C)c1CO. The van der Waals surface area contributed by atoms with Crippen LogP contribution in [-0.2, 0) is 6.61 Å². The summed E-state index contributed by atoms with van der Waals surface area (Å²) in [5.41, 5.74) is 2.75. The minimum absolute atomic E-state index is 0.0443. The monoisotopic (exact) mass is 192 g/mol. The van der Waals surface area contributed by atoms with Gasteiger partial charge in [0.25, 0.3) is 0 Å². The first kappa shape index (κ1) is 9.59. The predicted octanol–water partition coefficient (Wildman–Crippen LogP) is 1.85. The van der Waals surface area contributed by atoms with Crippen LogP contribution in [0.15, 0.2) is 0 Å². The van der Waals surface area contributed by atoms with Crippen LogP contribution < -0.4 is 0 Å². The zero-order chi connectivity index (χ0) is 10.1. The van der Waals surface area contributed by atoms with Gasteiger partial charge >= 0.3 is 0 Å². The molecule has 76 valence electrons. The van der Waals surface area contributed by atoms with Crippen molar-refractivity contribution in [1.82, 2.24) is 9.97 Å². The van der Waals surface area contributed by atoms with Crippen molar-refractivity contribution in [3.8, 4) is 0 Å². The van der Waals surface area contributed by atoms with E-state index in [4.69, 9.17) is 5.11 Å². The van der Waals surface area contributed by atoms with Crippen LogP contribution in [0.25, 0.3) is 0 Å². The molecule has 1 N–H and O–H groups in total. The number of aromatic nitrogens is 2. The third-order valence-corrected chi connectivity index (χ3v) is 3.07. The molecule has 1 fully saturated rings. The third kappa shape index (κ3) is 1.52. The molecule has 1 aromatic rings. The fraction of sp³-hybridized carbons (Fsp3) is 0.636. The van der Waals surface area contributed by atoms with Gasteiger partial charge in [-0.05, 0) is 26.7 Å². The van der Waals surface area contributed by atoms with Gasteiger partial charge in [-0.25, -0.2) is 9.97 Å². The lowest BCUT2D eigenvalue weighted by molar-refractivity contribution is 0.278. The number of hydrogen-bond donors (Lipinski definition) is 1. The van der Waals surface area contributed by atoms with Crippen molar-refractivity contribution < 1.29 is 5.11 Å². The summed E-state index contributed by atoms with van der Waals surface area (Å²) >= 11 is 0. The maximum absolute atomic E-state index is 9.12. The van der Waals surface area contributed by atoms with Crippen molar-refractivity contribution in [2.24, 2.45) is 0 Å². The largest absolute Gasteiger partial charge is 0.392 e. The van der Waals surface area contributed by atoms with Gasteiger partial charge in [0.2, 0.25) is 0 Å². The number of aliphatic hydroxyl groups is 1. The normalized spacial score (nSPS) is 16.8. The molecular weight excluding hydrogens is 176 g/mol. The molecule has 0 unspecified atom stereocenters. The summed E-state index contributed by atoms with van der Waals surface area (Å²) in [6, 6.07) is 0. The predicted molar refractivity (Wildman–Crippen MR) is 54.0 cm³/mol. The lowest BCUT2D eigenvalue weighted by atomic mass is 9.84. The highest BCUT2D eigenvalue weighted by Crippen LogP contribution is 2.34. The van der Waals surface area contributed by atoms with Gasteiger partial charge in [-0.15, -0.1) is 0 Å². The Bertz CT molecular complexity index is 322. The maximum atomic E-state index is 9.12. The first-order chi connectivity index (χ1) is 6.72. The van der Waals surface area contributed by atoms with E-state index in [1.165, 1.54) is 19.3 Å². The summed E-state index contributed by atoms with van der Waals surface area (Å²) in [7, 11) is 0. The average molecular weight is 192 g/mol. The van der Waals surface area contributed by atoms with Crippen molar-refractivity contribution in [1.29, 1.82) is 0 Å². The first-order valence-electron chi connectivity index (χ1n) is 5.17. The fourth-order valence-electron chi connectivity index (χ4n) is 1.84. The molecule has 1 aliphatic carbocycles. The molecule has 0 atom stereocenters. The van der Waals surface area contributed by atoms with Gasteiger partial charge in [-0.3, -0.25) is 0 Å². The zero-order valence-corrected chi connectivity index (χ0v) is 8.75. The molecule has 0 saturated heterocycles. The Kier molecular flexibility index (Phi) is 2.50. The van der Waals surface area contributed by atoms with Gasteiger partial charge in [-0.1, -0.05) is 6.42 Å². The molecule has 1 saturated carbocycles. The molecule has 2 rings (SSSR count). The molecule has 1 heterocycles. The number of aryl methyl sites for hydroxylation is 2. The van der Waals surface area contributed by atoms with Gasteiger partial charge in [0.1, 0.15) is 5.82 Å². The number of aliphatic hydroxyl groups excluding tert-OH is 1. The van der Waals surface area contributed by atoms with E-state index in [0.29, 0.717) is 5.92 Å². The summed E-state index contributed by atoms with van der Waals surface area (Å²) in [4.78, 5) is 8.91. The lowest BCUT2D eigenvalue weighted by Crippen LogP contribution is -2.15. The maximum Gasteiger partial charge on any atom is 0.131 e. The highest BCUT2D eigenvalue weighted by atomic mass is 16.3. The van der Waals surface area contributed by atoms with Gasteiger partial charge in [0.05, 0.1) is 6.61 Å². The summed E-state index contributed by atoms with van der Waals surface area (Å²) < 4.78 is 0. The molecule has 0 bridgehead atoms. The van der Waals surface area contributed by atoms with Crippen LogP contribution in [0, 0.1) is 13.8 Å². The van der Waals surface area contributed by atoms with E-state index >= 15 is 0 Å². The van der Waals surface area contributed by atoms with Crippen molar-refractivity contribution in [3.63, 3.8) is 0 Å². The summed E-state index contributed by atoms with van der Waals surface area (Å²) in [6.07, 6.45) is 3.74. The van der Waals surface area contributed by atoms with E-state index in [0.717, 1.165) is 22.8 Å². The molecule has 3 heteroatoms. The number of hydrogen-bond acceptors (Lipinski definition) is 3. The third-order valence-electron chi connectivity index (χ3n) is 3.07. The van der Waals surface area contributed by atoms with E-state index in [2.05, 4.69) is 9.97 Å². The van der Waals surface area contributed by atoms with Crippen molar-refractivity contribution in [2.45, 2.75) is 45.6 Å². The summed E-state index contributed by atoms with van der Waals surface area (Å²) in [6.45, 7) is 3.94. The zero-order valence-electron chi connectivity index (χ0n) is 8.75. The van der Waals surface area contributed by atoms with Crippen LogP contribution in [0.1, 0.15) is 48.0 Å². The van der Waals surface area contributed by atoms with Gasteiger partial charge in [0.15, 0.2) is 0 Å². The molecule has 0 spiro atoms. The van der Waals surface area contributed by atoms with Crippen LogP contribution >= 0.6 is 0 Å². The average Bonchev–Trinajstić information content (AvgIpc) is 2.00. The second kappa shape index (κ2) is 3.65. The molecule has 1 aromatic heterocycles. The van der Waals surface area contributed by atoms with Crippen molar-refractivity contribution in [3.05, 3.63) is 22.8 Å². The highest BCUT2D eigenvalue weighted by Gasteiger charge is 2.23. The Morgan fingerprint density at radius 1 is 1.21 bits per heavy atom. The van der Waals surface area contributed by atoms with E-state index in [-0.39, 0.29) is 6.61 Å². The second-order valence-corrected chi connectivity index (χ2v) is 4.02. The van der Waals surface area contributed by atoms with E-state index in [1.807, 2.05) is 13.8 Å².